The number of piperidine rings is 1. The molecule has 2 amide bonds. The van der Waals surface area contributed by atoms with Gasteiger partial charge < -0.3 is 16.0 Å². The monoisotopic (exact) mass is 459 g/mol. The third-order valence-corrected chi connectivity index (χ3v) is 6.12. The zero-order valence-electron chi connectivity index (χ0n) is 18.5. The lowest BCUT2D eigenvalue weighted by Crippen LogP contribution is -2.46. The van der Waals surface area contributed by atoms with Crippen LogP contribution in [0.2, 0.25) is 0 Å². The van der Waals surface area contributed by atoms with Crippen molar-refractivity contribution in [2.45, 2.75) is 39.2 Å². The van der Waals surface area contributed by atoms with Gasteiger partial charge in [0.25, 0.3) is 0 Å². The van der Waals surface area contributed by atoms with E-state index >= 15 is 0 Å². The van der Waals surface area contributed by atoms with Crippen molar-refractivity contribution in [2.75, 3.05) is 28.6 Å². The maximum Gasteiger partial charge on any atom is 0.313 e. The molecule has 2 atom stereocenters. The lowest BCUT2D eigenvalue weighted by Gasteiger charge is -2.38. The molecule has 1 aliphatic heterocycles. The number of nitrogens with zero attached hydrogens (tertiary/aromatic N) is 2. The van der Waals surface area contributed by atoms with Gasteiger partial charge in [-0.15, -0.1) is 0 Å². The Morgan fingerprint density at radius 3 is 2.50 bits per heavy atom. The number of hydrogen-bond donors (Lipinski definition) is 3. The van der Waals surface area contributed by atoms with Gasteiger partial charge in [0.1, 0.15) is 5.82 Å². The van der Waals surface area contributed by atoms with Crippen molar-refractivity contribution in [3.05, 3.63) is 47.7 Å². The molecule has 10 heteroatoms. The SMILES string of the molecule is CCc1cc(NC(=O)C(=O)N2C[C@@H](C)CC[C@@H]2c2ccc(NS(C)(=O)=O)cc2)cnc1N. The van der Waals surface area contributed by atoms with E-state index in [0.717, 1.165) is 23.8 Å². The Hall–Kier alpha value is -3.14. The molecule has 1 aromatic carbocycles. The normalized spacial score (nSPS) is 18.8. The van der Waals surface area contributed by atoms with Gasteiger partial charge in [-0.2, -0.15) is 0 Å². The molecule has 0 radical (unpaired) electrons. The molecular weight excluding hydrogens is 430 g/mol. The van der Waals surface area contributed by atoms with E-state index in [-0.39, 0.29) is 12.0 Å². The molecule has 0 bridgehead atoms. The number of pyridine rings is 1. The summed E-state index contributed by atoms with van der Waals surface area (Å²) >= 11 is 0. The second-order valence-electron chi connectivity index (χ2n) is 8.23. The van der Waals surface area contributed by atoms with Gasteiger partial charge in [-0.05, 0) is 54.5 Å². The summed E-state index contributed by atoms with van der Waals surface area (Å²) < 4.78 is 25.3. The highest BCUT2D eigenvalue weighted by molar-refractivity contribution is 7.92. The number of likely N-dealkylation sites (tertiary alicyclic amines) is 1. The van der Waals surface area contributed by atoms with E-state index in [0.29, 0.717) is 36.6 Å². The summed E-state index contributed by atoms with van der Waals surface area (Å²) in [4.78, 5) is 31.5. The smallest absolute Gasteiger partial charge is 0.313 e. The molecule has 0 saturated carbocycles. The van der Waals surface area contributed by atoms with E-state index in [4.69, 9.17) is 5.73 Å². The second kappa shape index (κ2) is 9.56. The van der Waals surface area contributed by atoms with Crippen LogP contribution in [0.5, 0.6) is 0 Å². The molecule has 1 saturated heterocycles. The summed E-state index contributed by atoms with van der Waals surface area (Å²) in [6.07, 6.45) is 4.81. The molecule has 0 unspecified atom stereocenters. The third-order valence-electron chi connectivity index (χ3n) is 5.51. The van der Waals surface area contributed by atoms with Crippen molar-refractivity contribution in [2.24, 2.45) is 5.92 Å². The van der Waals surface area contributed by atoms with E-state index in [1.807, 2.05) is 13.8 Å². The third kappa shape index (κ3) is 5.76. The first-order chi connectivity index (χ1) is 15.1. The molecule has 4 N–H and O–H groups in total. The summed E-state index contributed by atoms with van der Waals surface area (Å²) in [7, 11) is -3.38. The van der Waals surface area contributed by atoms with Crippen LogP contribution in [0, 0.1) is 5.92 Å². The molecule has 1 aliphatic rings. The highest BCUT2D eigenvalue weighted by Crippen LogP contribution is 2.34. The van der Waals surface area contributed by atoms with E-state index in [1.54, 1.807) is 35.2 Å². The molecule has 2 aromatic rings. The Labute approximate surface area is 188 Å². The quantitative estimate of drug-likeness (QED) is 0.588. The molecule has 32 heavy (non-hydrogen) atoms. The first-order valence-corrected chi connectivity index (χ1v) is 12.4. The number of nitrogens with one attached hydrogen (secondary N) is 2. The number of carbonyl (C=O) groups excluding carboxylic acids is 2. The Balaban J connectivity index is 1.78. The van der Waals surface area contributed by atoms with Crippen LogP contribution >= 0.6 is 0 Å². The molecule has 1 fully saturated rings. The van der Waals surface area contributed by atoms with E-state index in [2.05, 4.69) is 15.0 Å². The van der Waals surface area contributed by atoms with Gasteiger partial charge >= 0.3 is 11.8 Å². The largest absolute Gasteiger partial charge is 0.383 e. The predicted molar refractivity (Wildman–Crippen MR) is 124 cm³/mol. The Morgan fingerprint density at radius 2 is 1.88 bits per heavy atom. The molecule has 0 aliphatic carbocycles. The Kier molecular flexibility index (Phi) is 7.02. The predicted octanol–water partition coefficient (Wildman–Crippen LogP) is 2.54. The van der Waals surface area contributed by atoms with Crippen LogP contribution in [0.15, 0.2) is 36.5 Å². The number of aryl methyl sites for hydroxylation is 1. The number of nitrogens with two attached hydrogens (primary N) is 1. The van der Waals surface area contributed by atoms with Crippen molar-refractivity contribution >= 4 is 39.0 Å². The number of hydrogen-bond acceptors (Lipinski definition) is 6. The van der Waals surface area contributed by atoms with Crippen molar-refractivity contribution in [3.63, 3.8) is 0 Å². The average Bonchev–Trinajstić information content (AvgIpc) is 2.74. The number of aromatic nitrogens is 1. The van der Waals surface area contributed by atoms with Gasteiger partial charge in [0, 0.05) is 12.2 Å². The van der Waals surface area contributed by atoms with Crippen LogP contribution < -0.4 is 15.8 Å². The molecule has 3 rings (SSSR count). The highest BCUT2D eigenvalue weighted by Gasteiger charge is 2.34. The number of nitrogen functional groups attached to an aromatic ring is 1. The summed E-state index contributed by atoms with van der Waals surface area (Å²) in [5, 5.41) is 2.64. The second-order valence-corrected chi connectivity index (χ2v) is 9.98. The zero-order chi connectivity index (χ0) is 23.5. The van der Waals surface area contributed by atoms with E-state index in [9.17, 15) is 18.0 Å². The molecule has 1 aromatic heterocycles. The fourth-order valence-corrected chi connectivity index (χ4v) is 4.46. The van der Waals surface area contributed by atoms with Gasteiger partial charge in [-0.3, -0.25) is 14.3 Å². The van der Waals surface area contributed by atoms with Crippen LogP contribution in [0.25, 0.3) is 0 Å². The van der Waals surface area contributed by atoms with Crippen LogP contribution in [-0.4, -0.2) is 42.9 Å². The fraction of sp³-hybridized carbons (Fsp3) is 0.409. The van der Waals surface area contributed by atoms with Crippen LogP contribution in [0.4, 0.5) is 17.2 Å². The number of benzene rings is 1. The maximum atomic E-state index is 13.1. The zero-order valence-corrected chi connectivity index (χ0v) is 19.3. The summed E-state index contributed by atoms with van der Waals surface area (Å²) in [6, 6.07) is 8.32. The first kappa shape index (κ1) is 23.5. The van der Waals surface area contributed by atoms with E-state index in [1.165, 1.54) is 6.20 Å². The first-order valence-electron chi connectivity index (χ1n) is 10.5. The number of anilines is 3. The average molecular weight is 460 g/mol. The minimum absolute atomic E-state index is 0.263. The Bertz CT molecular complexity index is 1100. The van der Waals surface area contributed by atoms with Crippen molar-refractivity contribution in [3.8, 4) is 0 Å². The van der Waals surface area contributed by atoms with Gasteiger partial charge in [0.2, 0.25) is 10.0 Å². The number of rotatable bonds is 5. The highest BCUT2D eigenvalue weighted by atomic mass is 32.2. The molecule has 172 valence electrons. The number of carbonyl (C=O) groups is 2. The maximum absolute atomic E-state index is 13.1. The topological polar surface area (TPSA) is 134 Å². The Morgan fingerprint density at radius 1 is 1.19 bits per heavy atom. The fourth-order valence-electron chi connectivity index (χ4n) is 3.90. The number of sulfonamides is 1. The van der Waals surface area contributed by atoms with Crippen molar-refractivity contribution in [1.29, 1.82) is 0 Å². The van der Waals surface area contributed by atoms with Crippen LogP contribution in [0.3, 0.4) is 0 Å². The van der Waals surface area contributed by atoms with Gasteiger partial charge in [0.15, 0.2) is 0 Å². The number of amides is 2. The summed E-state index contributed by atoms with van der Waals surface area (Å²) in [6.45, 7) is 4.44. The lowest BCUT2D eigenvalue weighted by molar-refractivity contribution is -0.146. The van der Waals surface area contributed by atoms with Crippen molar-refractivity contribution < 1.29 is 18.0 Å². The van der Waals surface area contributed by atoms with Crippen molar-refractivity contribution in [1.82, 2.24) is 9.88 Å². The molecule has 0 spiro atoms. The van der Waals surface area contributed by atoms with Gasteiger partial charge in [-0.1, -0.05) is 26.0 Å². The van der Waals surface area contributed by atoms with E-state index < -0.39 is 21.8 Å². The van der Waals surface area contributed by atoms with Crippen LogP contribution in [-0.2, 0) is 26.0 Å². The summed E-state index contributed by atoms with van der Waals surface area (Å²) in [5.74, 6) is -0.683. The minimum Gasteiger partial charge on any atom is -0.383 e. The van der Waals surface area contributed by atoms with Gasteiger partial charge in [0.05, 0.1) is 24.2 Å². The van der Waals surface area contributed by atoms with Gasteiger partial charge in [-0.25, -0.2) is 13.4 Å². The molecule has 9 nitrogen and oxygen atoms in total. The molecule has 2 heterocycles. The minimum atomic E-state index is -3.38. The molecular formula is C22H29N5O4S. The summed E-state index contributed by atoms with van der Waals surface area (Å²) in [5.41, 5.74) is 8.32. The lowest BCUT2D eigenvalue weighted by atomic mass is 9.89. The standard InChI is InChI=1S/C22H29N5O4S/c1-4-15-11-18(12-24-20(15)23)25-21(28)22(29)27-13-14(2)5-10-19(27)16-6-8-17(9-7-16)26-32(3,30)31/h6-9,11-12,14,19,26H,4-5,10,13H2,1-3H3,(H2,23,24)(H,25,28)/t14-,19+/m0/s1. The van der Waals surface area contributed by atoms with Crippen LogP contribution in [0.1, 0.15) is 43.9 Å².